The molecule has 5 nitrogen and oxygen atoms in total. The highest BCUT2D eigenvalue weighted by Gasteiger charge is 2.15. The average molecular weight is 444 g/mol. The highest BCUT2D eigenvalue weighted by molar-refractivity contribution is 7.15. The zero-order valence-corrected chi connectivity index (χ0v) is 17.6. The quantitative estimate of drug-likeness (QED) is 0.474. The Kier molecular flexibility index (Phi) is 5.41. The molecule has 0 bridgehead atoms. The van der Waals surface area contributed by atoms with Gasteiger partial charge in [0, 0.05) is 36.0 Å². The van der Waals surface area contributed by atoms with Crippen LogP contribution in [0.1, 0.15) is 20.8 Å². The third-order valence-electron chi connectivity index (χ3n) is 4.57. The molecule has 8 heteroatoms. The van der Waals surface area contributed by atoms with Gasteiger partial charge in [-0.25, -0.2) is 4.98 Å². The van der Waals surface area contributed by atoms with Gasteiger partial charge in [0.1, 0.15) is 0 Å². The number of benzene rings is 2. The fourth-order valence-corrected chi connectivity index (χ4v) is 4.30. The number of pyridine rings is 1. The predicted molar refractivity (Wildman–Crippen MR) is 119 cm³/mol. The Morgan fingerprint density at radius 2 is 1.97 bits per heavy atom. The SMILES string of the molecule is Cn1c(=O)cc(C(=O)Nc2ncc(Cc3cccc(Cl)c3Cl)s2)c2ccccc21. The predicted octanol–water partition coefficient (Wildman–Crippen LogP) is 5.14. The van der Waals surface area contributed by atoms with E-state index in [1.54, 1.807) is 19.3 Å². The van der Waals surface area contributed by atoms with Gasteiger partial charge in [0.05, 0.1) is 21.1 Å². The number of fused-ring (bicyclic) bond motifs is 1. The van der Waals surface area contributed by atoms with Crippen molar-refractivity contribution >= 4 is 56.5 Å². The number of carbonyl (C=O) groups excluding carboxylic acids is 1. The van der Waals surface area contributed by atoms with Crippen LogP contribution in [0.3, 0.4) is 0 Å². The molecule has 0 aliphatic heterocycles. The van der Waals surface area contributed by atoms with Crippen LogP contribution in [0.25, 0.3) is 10.9 Å². The van der Waals surface area contributed by atoms with Crippen LogP contribution in [0.15, 0.2) is 59.5 Å². The number of halogens is 2. The van der Waals surface area contributed by atoms with Crippen molar-refractivity contribution in [1.29, 1.82) is 0 Å². The summed E-state index contributed by atoms with van der Waals surface area (Å²) in [6.07, 6.45) is 2.25. The van der Waals surface area contributed by atoms with Gasteiger partial charge in [-0.1, -0.05) is 53.5 Å². The Labute approximate surface area is 180 Å². The van der Waals surface area contributed by atoms with E-state index in [2.05, 4.69) is 10.3 Å². The molecule has 0 atom stereocenters. The summed E-state index contributed by atoms with van der Waals surface area (Å²) < 4.78 is 1.52. The van der Waals surface area contributed by atoms with Crippen LogP contribution >= 0.6 is 34.5 Å². The molecule has 0 saturated carbocycles. The van der Waals surface area contributed by atoms with Crippen molar-refractivity contribution in [2.24, 2.45) is 7.05 Å². The Hall–Kier alpha value is -2.67. The summed E-state index contributed by atoms with van der Waals surface area (Å²) in [7, 11) is 1.68. The molecule has 0 unspecified atom stereocenters. The first-order chi connectivity index (χ1) is 13.9. The van der Waals surface area contributed by atoms with Gasteiger partial charge in [0.25, 0.3) is 11.5 Å². The number of para-hydroxylation sites is 1. The third kappa shape index (κ3) is 3.92. The zero-order valence-electron chi connectivity index (χ0n) is 15.3. The second kappa shape index (κ2) is 7.99. The Balaban J connectivity index is 1.59. The van der Waals surface area contributed by atoms with Gasteiger partial charge in [-0.2, -0.15) is 0 Å². The molecule has 0 spiro atoms. The van der Waals surface area contributed by atoms with Gasteiger partial charge in [0.2, 0.25) is 0 Å². The maximum atomic E-state index is 12.8. The number of aryl methyl sites for hydroxylation is 1. The summed E-state index contributed by atoms with van der Waals surface area (Å²) in [6, 6.07) is 14.1. The summed E-state index contributed by atoms with van der Waals surface area (Å²) in [5.41, 5.74) is 1.65. The lowest BCUT2D eigenvalue weighted by molar-refractivity contribution is 0.102. The van der Waals surface area contributed by atoms with Gasteiger partial charge in [-0.05, 0) is 17.7 Å². The Morgan fingerprint density at radius 3 is 2.79 bits per heavy atom. The molecule has 1 N–H and O–H groups in total. The number of hydrogen-bond donors (Lipinski definition) is 1. The number of anilines is 1. The van der Waals surface area contributed by atoms with Gasteiger partial charge in [0.15, 0.2) is 5.13 Å². The van der Waals surface area contributed by atoms with Crippen molar-refractivity contribution in [3.8, 4) is 0 Å². The number of rotatable bonds is 4. The van der Waals surface area contributed by atoms with Gasteiger partial charge in [-0.3, -0.25) is 14.9 Å². The highest BCUT2D eigenvalue weighted by atomic mass is 35.5. The van der Waals surface area contributed by atoms with Crippen molar-refractivity contribution in [3.05, 3.63) is 91.1 Å². The number of aromatic nitrogens is 2. The molecule has 0 saturated heterocycles. The van der Waals surface area contributed by atoms with Crippen LogP contribution in [-0.2, 0) is 13.5 Å². The molecule has 0 radical (unpaired) electrons. The number of carbonyl (C=O) groups is 1. The highest BCUT2D eigenvalue weighted by Crippen LogP contribution is 2.29. The normalized spacial score (nSPS) is 11.0. The van der Waals surface area contributed by atoms with Crippen LogP contribution in [0.5, 0.6) is 0 Å². The van der Waals surface area contributed by atoms with Crippen LogP contribution in [0.4, 0.5) is 5.13 Å². The maximum absolute atomic E-state index is 12.8. The van der Waals surface area contributed by atoms with Crippen molar-refractivity contribution in [2.45, 2.75) is 6.42 Å². The molecule has 29 heavy (non-hydrogen) atoms. The summed E-state index contributed by atoms with van der Waals surface area (Å²) in [6.45, 7) is 0. The van der Waals surface area contributed by atoms with E-state index >= 15 is 0 Å². The Morgan fingerprint density at radius 1 is 1.17 bits per heavy atom. The van der Waals surface area contributed by atoms with Crippen molar-refractivity contribution in [1.82, 2.24) is 9.55 Å². The minimum absolute atomic E-state index is 0.246. The molecule has 2 aromatic carbocycles. The Bertz CT molecular complexity index is 1300. The van der Waals surface area contributed by atoms with E-state index in [1.807, 2.05) is 36.4 Å². The third-order valence-corrected chi connectivity index (χ3v) is 6.34. The minimum Gasteiger partial charge on any atom is -0.311 e. The fourth-order valence-electron chi connectivity index (χ4n) is 3.08. The van der Waals surface area contributed by atoms with E-state index in [-0.39, 0.29) is 11.5 Å². The standard InChI is InChI=1S/C21H15Cl2N3O2S/c1-26-17-8-3-2-6-14(17)15(10-18(26)27)20(28)25-21-24-11-13(29-21)9-12-5-4-7-16(22)19(12)23/h2-8,10-11H,9H2,1H3,(H,24,25,28). The first-order valence-corrected chi connectivity index (χ1v) is 10.3. The first-order valence-electron chi connectivity index (χ1n) is 8.72. The number of nitrogens with one attached hydrogen (secondary N) is 1. The van der Waals surface area contributed by atoms with Gasteiger partial charge >= 0.3 is 0 Å². The molecule has 146 valence electrons. The summed E-state index contributed by atoms with van der Waals surface area (Å²) in [4.78, 5) is 30.3. The molecule has 0 aliphatic carbocycles. The van der Waals surface area contributed by atoms with Gasteiger partial charge < -0.3 is 4.57 Å². The van der Waals surface area contributed by atoms with Crippen LogP contribution in [0.2, 0.25) is 10.0 Å². The van der Waals surface area contributed by atoms with Crippen LogP contribution < -0.4 is 10.9 Å². The molecule has 2 aromatic heterocycles. The summed E-state index contributed by atoms with van der Waals surface area (Å²) >= 11 is 13.7. The molecule has 1 amide bonds. The van der Waals surface area contributed by atoms with E-state index in [4.69, 9.17) is 23.2 Å². The van der Waals surface area contributed by atoms with E-state index in [1.165, 1.54) is 22.0 Å². The van der Waals surface area contributed by atoms with E-state index in [9.17, 15) is 9.59 Å². The second-order valence-corrected chi connectivity index (χ2v) is 8.35. The smallest absolute Gasteiger partial charge is 0.258 e. The number of hydrogen-bond acceptors (Lipinski definition) is 4. The molecule has 4 rings (SSSR count). The number of nitrogens with zero attached hydrogens (tertiary/aromatic N) is 2. The molecular weight excluding hydrogens is 429 g/mol. The summed E-state index contributed by atoms with van der Waals surface area (Å²) in [5, 5.41) is 4.96. The minimum atomic E-state index is -0.374. The lowest BCUT2D eigenvalue weighted by atomic mass is 10.1. The topological polar surface area (TPSA) is 64.0 Å². The lowest BCUT2D eigenvalue weighted by Gasteiger charge is -2.09. The van der Waals surface area contributed by atoms with E-state index in [0.717, 1.165) is 10.4 Å². The molecule has 4 aromatic rings. The number of amides is 1. The van der Waals surface area contributed by atoms with Crippen molar-refractivity contribution in [2.75, 3.05) is 5.32 Å². The molecule has 0 fully saturated rings. The second-order valence-electron chi connectivity index (χ2n) is 6.45. The molecular formula is C21H15Cl2N3O2S. The van der Waals surface area contributed by atoms with Gasteiger partial charge in [-0.15, -0.1) is 11.3 Å². The van der Waals surface area contributed by atoms with E-state index in [0.29, 0.717) is 38.1 Å². The number of thiazole rings is 1. The first kappa shape index (κ1) is 19.6. The van der Waals surface area contributed by atoms with Crippen LogP contribution in [-0.4, -0.2) is 15.5 Å². The molecule has 0 aliphatic rings. The lowest BCUT2D eigenvalue weighted by Crippen LogP contribution is -2.21. The summed E-state index contributed by atoms with van der Waals surface area (Å²) in [5.74, 6) is -0.374. The zero-order chi connectivity index (χ0) is 20.5. The van der Waals surface area contributed by atoms with E-state index < -0.39 is 0 Å². The average Bonchev–Trinajstić information content (AvgIpc) is 3.15. The van der Waals surface area contributed by atoms with Crippen molar-refractivity contribution < 1.29 is 4.79 Å². The largest absolute Gasteiger partial charge is 0.311 e. The molecule has 2 heterocycles. The van der Waals surface area contributed by atoms with Crippen LogP contribution in [0, 0.1) is 0 Å². The maximum Gasteiger partial charge on any atom is 0.258 e. The monoisotopic (exact) mass is 443 g/mol. The fraction of sp³-hybridized carbons (Fsp3) is 0.0952. The van der Waals surface area contributed by atoms with Crippen molar-refractivity contribution in [3.63, 3.8) is 0 Å².